The van der Waals surface area contributed by atoms with Crippen LogP contribution in [0.1, 0.15) is 129 Å². The van der Waals surface area contributed by atoms with Crippen molar-refractivity contribution in [2.45, 2.75) is 130 Å². The average molecular weight is 448 g/mol. The molecule has 0 heterocycles. The van der Waals surface area contributed by atoms with E-state index in [1.165, 1.54) is 95.5 Å². The van der Waals surface area contributed by atoms with E-state index >= 15 is 0 Å². The van der Waals surface area contributed by atoms with Gasteiger partial charge in [-0.3, -0.25) is 0 Å². The van der Waals surface area contributed by atoms with Crippen molar-refractivity contribution in [3.8, 4) is 11.5 Å². The lowest BCUT2D eigenvalue weighted by Crippen LogP contribution is -2.15. The molecule has 186 valence electrons. The standard InChI is InChI=1S/C29H53NO2/c1-4-7-10-13-14-17-22-30-26-27-20-21-28(31-23-18-15-11-8-5-2)25-29(27)32-24-19-16-12-9-6-3/h20-21,25,30H,4-19,22-24,26H2,1-3H3. The van der Waals surface area contributed by atoms with Gasteiger partial charge < -0.3 is 14.8 Å². The summed E-state index contributed by atoms with van der Waals surface area (Å²) in [6, 6.07) is 6.41. The maximum absolute atomic E-state index is 6.22. The average Bonchev–Trinajstić information content (AvgIpc) is 2.81. The minimum Gasteiger partial charge on any atom is -0.493 e. The molecule has 0 saturated heterocycles. The molecule has 0 aliphatic heterocycles. The van der Waals surface area contributed by atoms with E-state index in [2.05, 4.69) is 44.3 Å². The molecule has 0 aliphatic carbocycles. The Hall–Kier alpha value is -1.22. The molecule has 0 bridgehead atoms. The van der Waals surface area contributed by atoms with Gasteiger partial charge in [-0.15, -0.1) is 0 Å². The van der Waals surface area contributed by atoms with Gasteiger partial charge in [-0.25, -0.2) is 0 Å². The Morgan fingerprint density at radius 1 is 0.594 bits per heavy atom. The highest BCUT2D eigenvalue weighted by atomic mass is 16.5. The fourth-order valence-electron chi connectivity index (χ4n) is 3.94. The van der Waals surface area contributed by atoms with Crippen LogP contribution in [-0.4, -0.2) is 19.8 Å². The Bertz CT molecular complexity index is 532. The molecule has 0 radical (unpaired) electrons. The molecule has 1 N–H and O–H groups in total. The predicted molar refractivity (Wildman–Crippen MR) is 140 cm³/mol. The number of hydrogen-bond donors (Lipinski definition) is 1. The second-order valence-corrected chi connectivity index (χ2v) is 9.24. The van der Waals surface area contributed by atoms with Crippen molar-refractivity contribution >= 4 is 0 Å². The Labute approximate surface area is 200 Å². The number of rotatable bonds is 23. The molecule has 32 heavy (non-hydrogen) atoms. The van der Waals surface area contributed by atoms with E-state index < -0.39 is 0 Å². The highest BCUT2D eigenvalue weighted by molar-refractivity contribution is 5.40. The third-order valence-electron chi connectivity index (χ3n) is 6.08. The van der Waals surface area contributed by atoms with Crippen LogP contribution >= 0.6 is 0 Å². The first-order valence-corrected chi connectivity index (χ1v) is 13.9. The van der Waals surface area contributed by atoms with E-state index in [0.29, 0.717) is 0 Å². The molecule has 3 heteroatoms. The normalized spacial score (nSPS) is 11.1. The Morgan fingerprint density at radius 3 is 1.75 bits per heavy atom. The van der Waals surface area contributed by atoms with Crippen molar-refractivity contribution in [2.24, 2.45) is 0 Å². The summed E-state index contributed by atoms with van der Waals surface area (Å²) in [5, 5.41) is 3.62. The molecule has 3 nitrogen and oxygen atoms in total. The second-order valence-electron chi connectivity index (χ2n) is 9.24. The third-order valence-corrected chi connectivity index (χ3v) is 6.08. The van der Waals surface area contributed by atoms with Gasteiger partial charge in [-0.1, -0.05) is 110 Å². The molecule has 1 aromatic carbocycles. The third kappa shape index (κ3) is 15.6. The van der Waals surface area contributed by atoms with Crippen molar-refractivity contribution < 1.29 is 9.47 Å². The van der Waals surface area contributed by atoms with Crippen LogP contribution in [-0.2, 0) is 6.54 Å². The Morgan fingerprint density at radius 2 is 1.12 bits per heavy atom. The molecule has 1 rings (SSSR count). The molecular weight excluding hydrogens is 394 g/mol. The molecule has 0 aliphatic rings. The summed E-state index contributed by atoms with van der Waals surface area (Å²) in [6.07, 6.45) is 20.7. The van der Waals surface area contributed by atoms with Gasteiger partial charge in [0.1, 0.15) is 11.5 Å². The van der Waals surface area contributed by atoms with Crippen LogP contribution < -0.4 is 14.8 Å². The van der Waals surface area contributed by atoms with Crippen molar-refractivity contribution in [1.29, 1.82) is 0 Å². The predicted octanol–water partition coefficient (Wildman–Crippen LogP) is 8.84. The molecule has 0 unspecified atom stereocenters. The van der Waals surface area contributed by atoms with Crippen molar-refractivity contribution in [1.82, 2.24) is 5.32 Å². The molecule has 0 saturated carbocycles. The maximum Gasteiger partial charge on any atom is 0.127 e. The summed E-state index contributed by atoms with van der Waals surface area (Å²) in [5.74, 6) is 1.94. The van der Waals surface area contributed by atoms with E-state index in [-0.39, 0.29) is 0 Å². The SMILES string of the molecule is CCCCCCCCNCc1ccc(OCCCCCCC)cc1OCCCCCCC. The summed E-state index contributed by atoms with van der Waals surface area (Å²) < 4.78 is 12.3. The molecule has 1 aromatic rings. The minimum atomic E-state index is 0.800. The lowest BCUT2D eigenvalue weighted by molar-refractivity contribution is 0.287. The van der Waals surface area contributed by atoms with E-state index in [0.717, 1.165) is 50.6 Å². The number of unbranched alkanes of at least 4 members (excludes halogenated alkanes) is 13. The van der Waals surface area contributed by atoms with Crippen LogP contribution in [0.2, 0.25) is 0 Å². The highest BCUT2D eigenvalue weighted by Gasteiger charge is 2.07. The van der Waals surface area contributed by atoms with Crippen LogP contribution in [0.5, 0.6) is 11.5 Å². The van der Waals surface area contributed by atoms with Crippen molar-refractivity contribution in [3.63, 3.8) is 0 Å². The van der Waals surface area contributed by atoms with Crippen LogP contribution in [0, 0.1) is 0 Å². The topological polar surface area (TPSA) is 30.5 Å². The van der Waals surface area contributed by atoms with E-state index in [1.54, 1.807) is 0 Å². The summed E-state index contributed by atoms with van der Waals surface area (Å²) in [4.78, 5) is 0. The monoisotopic (exact) mass is 447 g/mol. The number of ether oxygens (including phenoxy) is 2. The van der Waals surface area contributed by atoms with Gasteiger partial charge in [0, 0.05) is 18.2 Å². The highest BCUT2D eigenvalue weighted by Crippen LogP contribution is 2.26. The summed E-state index contributed by atoms with van der Waals surface area (Å²) in [6.45, 7) is 10.3. The summed E-state index contributed by atoms with van der Waals surface area (Å²) in [5.41, 5.74) is 1.25. The molecule has 0 spiro atoms. The second kappa shape index (κ2) is 21.6. The van der Waals surface area contributed by atoms with Crippen molar-refractivity contribution in [3.05, 3.63) is 23.8 Å². The number of hydrogen-bond acceptors (Lipinski definition) is 3. The first-order valence-electron chi connectivity index (χ1n) is 13.9. The quantitative estimate of drug-likeness (QED) is 0.170. The first-order chi connectivity index (χ1) is 15.8. The van der Waals surface area contributed by atoms with Gasteiger partial charge >= 0.3 is 0 Å². The van der Waals surface area contributed by atoms with Gasteiger partial charge in [0.05, 0.1) is 13.2 Å². The first kappa shape index (κ1) is 28.8. The van der Waals surface area contributed by atoms with Gasteiger partial charge in [0.25, 0.3) is 0 Å². The molecule has 0 amide bonds. The minimum absolute atomic E-state index is 0.800. The van der Waals surface area contributed by atoms with Crippen LogP contribution in [0.4, 0.5) is 0 Å². The van der Waals surface area contributed by atoms with Crippen LogP contribution in [0.15, 0.2) is 18.2 Å². The summed E-state index contributed by atoms with van der Waals surface area (Å²) in [7, 11) is 0. The van der Waals surface area contributed by atoms with E-state index in [1.807, 2.05) is 0 Å². The lowest BCUT2D eigenvalue weighted by atomic mass is 10.1. The zero-order valence-corrected chi connectivity index (χ0v) is 21.7. The maximum atomic E-state index is 6.22. The Kier molecular flexibility index (Phi) is 19.5. The lowest BCUT2D eigenvalue weighted by Gasteiger charge is -2.15. The Balaban J connectivity index is 2.44. The van der Waals surface area contributed by atoms with Crippen molar-refractivity contribution in [2.75, 3.05) is 19.8 Å². The molecule has 0 fully saturated rings. The zero-order valence-electron chi connectivity index (χ0n) is 21.7. The summed E-state index contributed by atoms with van der Waals surface area (Å²) >= 11 is 0. The molecular formula is C29H53NO2. The zero-order chi connectivity index (χ0) is 23.1. The van der Waals surface area contributed by atoms with Gasteiger partial charge in [0.15, 0.2) is 0 Å². The van der Waals surface area contributed by atoms with Gasteiger partial charge in [0.2, 0.25) is 0 Å². The fourth-order valence-corrected chi connectivity index (χ4v) is 3.94. The largest absolute Gasteiger partial charge is 0.493 e. The van der Waals surface area contributed by atoms with E-state index in [4.69, 9.17) is 9.47 Å². The molecule has 0 atom stereocenters. The van der Waals surface area contributed by atoms with Gasteiger partial charge in [-0.05, 0) is 31.9 Å². The number of benzene rings is 1. The van der Waals surface area contributed by atoms with Crippen LogP contribution in [0.3, 0.4) is 0 Å². The van der Waals surface area contributed by atoms with Gasteiger partial charge in [-0.2, -0.15) is 0 Å². The fraction of sp³-hybridized carbons (Fsp3) is 0.793. The van der Waals surface area contributed by atoms with E-state index in [9.17, 15) is 0 Å². The molecule has 0 aromatic heterocycles. The van der Waals surface area contributed by atoms with Crippen LogP contribution in [0.25, 0.3) is 0 Å². The number of nitrogens with one attached hydrogen (secondary N) is 1. The smallest absolute Gasteiger partial charge is 0.127 e.